The normalized spacial score (nSPS) is 11.0. The van der Waals surface area contributed by atoms with Crippen LogP contribution in [0.25, 0.3) is 6.08 Å². The Labute approximate surface area is 169 Å². The lowest BCUT2D eigenvalue weighted by molar-refractivity contribution is 0.0439. The molecule has 0 aromatic heterocycles. The zero-order chi connectivity index (χ0) is 20.7. The van der Waals surface area contributed by atoms with Crippen LogP contribution >= 0.6 is 11.6 Å². The molecular weight excluding hydrogens is 384 g/mol. The third-order valence-electron chi connectivity index (χ3n) is 4.03. The lowest BCUT2D eigenvalue weighted by Gasteiger charge is -2.20. The minimum atomic E-state index is -0.414. The van der Waals surface area contributed by atoms with Crippen molar-refractivity contribution in [2.45, 2.75) is 13.8 Å². The van der Waals surface area contributed by atoms with E-state index in [4.69, 9.17) is 30.5 Å². The fraction of sp³-hybridized carbons (Fsp3) is 0.286. The summed E-state index contributed by atoms with van der Waals surface area (Å²) in [6.45, 7) is 3.30. The van der Waals surface area contributed by atoms with Crippen LogP contribution in [-0.4, -0.2) is 38.7 Å². The first kappa shape index (κ1) is 21.8. The maximum atomic E-state index is 12.9. The molecule has 1 N–H and O–H groups in total. The third kappa shape index (κ3) is 5.04. The summed E-state index contributed by atoms with van der Waals surface area (Å²) in [5, 5.41) is 11.3. The highest BCUT2D eigenvalue weighted by atomic mass is 35.5. The monoisotopic (exact) mass is 406 g/mol. The fourth-order valence-electron chi connectivity index (χ4n) is 2.66. The number of hydrogen-bond acceptors (Lipinski definition) is 6. The predicted molar refractivity (Wildman–Crippen MR) is 107 cm³/mol. The van der Waals surface area contributed by atoms with Gasteiger partial charge in [0.05, 0.1) is 0 Å². The Morgan fingerprint density at radius 1 is 1.00 bits per heavy atom. The molecule has 0 fully saturated rings. The second-order valence-electron chi connectivity index (χ2n) is 5.98. The lowest BCUT2D eigenvalue weighted by Crippen LogP contribution is -2.10. The molecule has 0 spiro atoms. The third-order valence-corrected chi connectivity index (χ3v) is 4.28. The second kappa shape index (κ2) is 10.1. The van der Waals surface area contributed by atoms with Crippen LogP contribution < -0.4 is 9.47 Å². The van der Waals surface area contributed by atoms with Gasteiger partial charge in [0.15, 0.2) is 19.4 Å². The number of allylic oxidation sites excluding steroid dienone is 1. The minimum Gasteiger partial charge on any atom is -0.507 e. The summed E-state index contributed by atoms with van der Waals surface area (Å²) in [6, 6.07) is 7.03. The lowest BCUT2D eigenvalue weighted by atomic mass is 9.98. The van der Waals surface area contributed by atoms with Gasteiger partial charge in [-0.15, -0.1) is 0 Å². The average Bonchev–Trinajstić information content (AvgIpc) is 2.69. The molecule has 0 amide bonds. The van der Waals surface area contributed by atoms with Gasteiger partial charge in [-0.2, -0.15) is 0 Å². The van der Waals surface area contributed by atoms with Gasteiger partial charge in [-0.25, -0.2) is 0 Å². The van der Waals surface area contributed by atoms with Crippen LogP contribution in [0.2, 0.25) is 5.02 Å². The highest BCUT2D eigenvalue weighted by Gasteiger charge is 2.25. The SMILES string of the molecule is COCOc1c(C)c(O)c(C(=O)/C=C/c2ccc(Cl)cc2)c(OCOC)c1C. The summed E-state index contributed by atoms with van der Waals surface area (Å²) in [7, 11) is 2.96. The van der Waals surface area contributed by atoms with Crippen molar-refractivity contribution < 1.29 is 28.8 Å². The van der Waals surface area contributed by atoms with Gasteiger partial charge in [-0.1, -0.05) is 29.8 Å². The molecule has 7 heteroatoms. The van der Waals surface area contributed by atoms with E-state index < -0.39 is 5.78 Å². The molecule has 6 nitrogen and oxygen atoms in total. The maximum Gasteiger partial charge on any atom is 0.193 e. The Hall–Kier alpha value is -2.54. The van der Waals surface area contributed by atoms with Gasteiger partial charge in [0, 0.05) is 30.4 Å². The van der Waals surface area contributed by atoms with Crippen molar-refractivity contribution in [3.8, 4) is 17.2 Å². The van der Waals surface area contributed by atoms with E-state index in [1.807, 2.05) is 0 Å². The number of carbonyl (C=O) groups is 1. The van der Waals surface area contributed by atoms with Crippen LogP contribution in [0.3, 0.4) is 0 Å². The van der Waals surface area contributed by atoms with E-state index in [2.05, 4.69) is 0 Å². The van der Waals surface area contributed by atoms with E-state index in [0.29, 0.717) is 21.9 Å². The smallest absolute Gasteiger partial charge is 0.193 e. The maximum absolute atomic E-state index is 12.9. The molecule has 2 rings (SSSR count). The number of ketones is 1. The largest absolute Gasteiger partial charge is 0.507 e. The second-order valence-corrected chi connectivity index (χ2v) is 6.42. The van der Waals surface area contributed by atoms with E-state index >= 15 is 0 Å². The van der Waals surface area contributed by atoms with Crippen molar-refractivity contribution in [1.82, 2.24) is 0 Å². The Morgan fingerprint density at radius 3 is 2.14 bits per heavy atom. The quantitative estimate of drug-likeness (QED) is 0.375. The van der Waals surface area contributed by atoms with Crippen LogP contribution in [0.4, 0.5) is 0 Å². The Morgan fingerprint density at radius 2 is 1.57 bits per heavy atom. The van der Waals surface area contributed by atoms with Crippen LogP contribution in [0.1, 0.15) is 27.0 Å². The van der Waals surface area contributed by atoms with E-state index in [1.54, 1.807) is 44.2 Å². The van der Waals surface area contributed by atoms with Gasteiger partial charge in [-0.3, -0.25) is 4.79 Å². The number of phenolic OH excluding ortho intramolecular Hbond substituents is 1. The number of methoxy groups -OCH3 is 2. The summed E-state index contributed by atoms with van der Waals surface area (Å²) >= 11 is 5.87. The van der Waals surface area contributed by atoms with Crippen LogP contribution in [-0.2, 0) is 9.47 Å². The van der Waals surface area contributed by atoms with Gasteiger partial charge < -0.3 is 24.1 Å². The molecule has 0 atom stereocenters. The Kier molecular flexibility index (Phi) is 7.87. The summed E-state index contributed by atoms with van der Waals surface area (Å²) < 4.78 is 21.0. The molecule has 0 aliphatic carbocycles. The molecule has 0 bridgehead atoms. The first-order chi connectivity index (χ1) is 13.4. The highest BCUT2D eigenvalue weighted by Crippen LogP contribution is 2.42. The number of carbonyl (C=O) groups excluding carboxylic acids is 1. The van der Waals surface area contributed by atoms with Crippen molar-refractivity contribution in [2.24, 2.45) is 0 Å². The molecule has 0 saturated carbocycles. The number of halogens is 1. The van der Waals surface area contributed by atoms with Crippen LogP contribution in [0.5, 0.6) is 17.2 Å². The van der Waals surface area contributed by atoms with E-state index in [1.165, 1.54) is 20.3 Å². The average molecular weight is 407 g/mol. The molecule has 2 aromatic rings. The highest BCUT2D eigenvalue weighted by molar-refractivity contribution is 6.30. The van der Waals surface area contributed by atoms with Crippen molar-refractivity contribution in [1.29, 1.82) is 0 Å². The van der Waals surface area contributed by atoms with Crippen molar-refractivity contribution in [2.75, 3.05) is 27.8 Å². The predicted octanol–water partition coefficient (Wildman–Crippen LogP) is 4.52. The number of benzene rings is 2. The van der Waals surface area contributed by atoms with Gasteiger partial charge in [-0.05, 0) is 37.6 Å². The number of aromatic hydroxyl groups is 1. The summed E-state index contributed by atoms with van der Waals surface area (Å²) in [6.07, 6.45) is 3.00. The van der Waals surface area contributed by atoms with Gasteiger partial charge in [0.25, 0.3) is 0 Å². The van der Waals surface area contributed by atoms with E-state index in [-0.39, 0.29) is 30.6 Å². The van der Waals surface area contributed by atoms with Crippen LogP contribution in [0.15, 0.2) is 30.3 Å². The van der Waals surface area contributed by atoms with Crippen molar-refractivity contribution in [3.05, 3.63) is 57.6 Å². The molecule has 0 unspecified atom stereocenters. The van der Waals surface area contributed by atoms with E-state index in [9.17, 15) is 9.90 Å². The molecule has 0 saturated heterocycles. The molecular formula is C21H23ClO6. The first-order valence-electron chi connectivity index (χ1n) is 8.48. The number of hydrogen-bond donors (Lipinski definition) is 1. The molecule has 0 heterocycles. The Balaban J connectivity index is 2.47. The Bertz CT molecular complexity index is 858. The van der Waals surface area contributed by atoms with E-state index in [0.717, 1.165) is 5.56 Å². The first-order valence-corrected chi connectivity index (χ1v) is 8.86. The molecule has 0 radical (unpaired) electrons. The zero-order valence-electron chi connectivity index (χ0n) is 16.2. The molecule has 150 valence electrons. The standard InChI is InChI=1S/C21H23ClO6/c1-13-19(24)18(17(23)10-7-15-5-8-16(22)9-6-15)21(28-12-26-4)14(2)20(13)27-11-25-3/h5-10,24H,11-12H2,1-4H3/b10-7+. The molecule has 0 aliphatic heterocycles. The van der Waals surface area contributed by atoms with Crippen LogP contribution in [0, 0.1) is 13.8 Å². The fourth-order valence-corrected chi connectivity index (χ4v) is 2.79. The summed E-state index contributed by atoms with van der Waals surface area (Å²) in [4.78, 5) is 12.9. The summed E-state index contributed by atoms with van der Waals surface area (Å²) in [5.74, 6) is -0.0397. The molecule has 2 aromatic carbocycles. The van der Waals surface area contributed by atoms with Crippen molar-refractivity contribution in [3.63, 3.8) is 0 Å². The molecule has 0 aliphatic rings. The molecule has 28 heavy (non-hydrogen) atoms. The zero-order valence-corrected chi connectivity index (χ0v) is 17.0. The number of phenols is 1. The summed E-state index contributed by atoms with van der Waals surface area (Å²) in [5.41, 5.74) is 1.82. The van der Waals surface area contributed by atoms with Gasteiger partial charge in [0.1, 0.15) is 22.8 Å². The topological polar surface area (TPSA) is 74.2 Å². The van der Waals surface area contributed by atoms with Crippen molar-refractivity contribution >= 4 is 23.5 Å². The van der Waals surface area contributed by atoms with Gasteiger partial charge in [0.2, 0.25) is 0 Å². The number of rotatable bonds is 9. The van der Waals surface area contributed by atoms with Gasteiger partial charge >= 0.3 is 0 Å². The minimum absolute atomic E-state index is 0.00536. The number of ether oxygens (including phenoxy) is 4.